The zero-order chi connectivity index (χ0) is 18.7. The maximum absolute atomic E-state index is 12.8. The van der Waals surface area contributed by atoms with Gasteiger partial charge in [0.25, 0.3) is 15.9 Å². The minimum Gasteiger partial charge on any atom is -0.339 e. The molecule has 1 fully saturated rings. The molecule has 2 aromatic carbocycles. The lowest BCUT2D eigenvalue weighted by Crippen LogP contribution is -2.35. The predicted molar refractivity (Wildman–Crippen MR) is 103 cm³/mol. The molecular weight excluding hydrogens is 348 g/mol. The van der Waals surface area contributed by atoms with Crippen LogP contribution >= 0.6 is 0 Å². The Balaban J connectivity index is 1.79. The lowest BCUT2D eigenvalue weighted by Gasteiger charge is -2.27. The number of amides is 1. The quantitative estimate of drug-likeness (QED) is 0.826. The first-order valence-corrected chi connectivity index (χ1v) is 10.3. The van der Waals surface area contributed by atoms with E-state index < -0.39 is 10.0 Å². The van der Waals surface area contributed by atoms with Crippen LogP contribution in [0.1, 0.15) is 35.2 Å². The zero-order valence-electron chi connectivity index (χ0n) is 15.2. The number of anilines is 1. The largest absolute Gasteiger partial charge is 0.339 e. The van der Waals surface area contributed by atoms with E-state index in [0.717, 1.165) is 31.5 Å². The maximum atomic E-state index is 12.8. The van der Waals surface area contributed by atoms with E-state index in [2.05, 4.69) is 0 Å². The third kappa shape index (κ3) is 3.75. The van der Waals surface area contributed by atoms with Gasteiger partial charge >= 0.3 is 0 Å². The number of carbonyl (C=O) groups is 1. The highest BCUT2D eigenvalue weighted by Crippen LogP contribution is 2.23. The molecule has 6 heteroatoms. The van der Waals surface area contributed by atoms with Gasteiger partial charge in [0.05, 0.1) is 10.6 Å². The molecular formula is C20H24N2O3S. The molecule has 0 bridgehead atoms. The molecule has 0 atom stereocenters. The average molecular weight is 372 g/mol. The molecule has 0 radical (unpaired) electrons. The molecule has 0 N–H and O–H groups in total. The van der Waals surface area contributed by atoms with Gasteiger partial charge in [0, 0.05) is 25.7 Å². The van der Waals surface area contributed by atoms with Gasteiger partial charge in [-0.05, 0) is 62.6 Å². The normalized spacial score (nSPS) is 14.9. The smallest absolute Gasteiger partial charge is 0.264 e. The second-order valence-electron chi connectivity index (χ2n) is 6.69. The number of rotatable bonds is 4. The van der Waals surface area contributed by atoms with Crippen molar-refractivity contribution in [1.29, 1.82) is 0 Å². The van der Waals surface area contributed by atoms with Crippen molar-refractivity contribution in [3.63, 3.8) is 0 Å². The van der Waals surface area contributed by atoms with Crippen LogP contribution in [0.2, 0.25) is 0 Å². The molecule has 1 aliphatic heterocycles. The van der Waals surface area contributed by atoms with Crippen molar-refractivity contribution in [2.24, 2.45) is 0 Å². The van der Waals surface area contributed by atoms with Gasteiger partial charge in [0.2, 0.25) is 0 Å². The van der Waals surface area contributed by atoms with Crippen LogP contribution < -0.4 is 4.31 Å². The standard InChI is InChI=1S/C20H24N2O3S/c1-16-6-12-19(13-7-16)26(24,25)21(2)18-10-8-17(9-11-18)20(23)22-14-4-3-5-15-22/h6-13H,3-5,14-15H2,1-2H3. The summed E-state index contributed by atoms with van der Waals surface area (Å²) in [5, 5.41) is 0. The molecule has 1 saturated heterocycles. The lowest BCUT2D eigenvalue weighted by atomic mass is 10.1. The van der Waals surface area contributed by atoms with Crippen molar-refractivity contribution in [3.05, 3.63) is 59.7 Å². The van der Waals surface area contributed by atoms with E-state index in [9.17, 15) is 13.2 Å². The van der Waals surface area contributed by atoms with E-state index in [1.165, 1.54) is 17.8 Å². The van der Waals surface area contributed by atoms with Crippen LogP contribution in [0, 0.1) is 6.92 Å². The molecule has 0 saturated carbocycles. The molecule has 0 aromatic heterocycles. The van der Waals surface area contributed by atoms with Crippen LogP contribution in [0.3, 0.4) is 0 Å². The second-order valence-corrected chi connectivity index (χ2v) is 8.65. The Labute approximate surface area is 155 Å². The molecule has 138 valence electrons. The fourth-order valence-corrected chi connectivity index (χ4v) is 4.30. The number of nitrogens with zero attached hydrogens (tertiary/aromatic N) is 2. The number of piperidine rings is 1. The van der Waals surface area contributed by atoms with Gasteiger partial charge in [-0.3, -0.25) is 9.10 Å². The SMILES string of the molecule is Cc1ccc(S(=O)(=O)N(C)c2ccc(C(=O)N3CCCCC3)cc2)cc1. The number of hydrogen-bond donors (Lipinski definition) is 0. The van der Waals surface area contributed by atoms with Gasteiger partial charge < -0.3 is 4.90 Å². The predicted octanol–water partition coefficient (Wildman–Crippen LogP) is 3.45. The summed E-state index contributed by atoms with van der Waals surface area (Å²) in [6.45, 7) is 3.50. The van der Waals surface area contributed by atoms with Gasteiger partial charge in [0.15, 0.2) is 0 Å². The molecule has 1 amide bonds. The van der Waals surface area contributed by atoms with Crippen molar-refractivity contribution in [2.75, 3.05) is 24.4 Å². The fourth-order valence-electron chi connectivity index (χ4n) is 3.10. The van der Waals surface area contributed by atoms with Crippen molar-refractivity contribution in [3.8, 4) is 0 Å². The van der Waals surface area contributed by atoms with Crippen LogP contribution in [-0.4, -0.2) is 39.4 Å². The summed E-state index contributed by atoms with van der Waals surface area (Å²) in [5.41, 5.74) is 2.13. The lowest BCUT2D eigenvalue weighted by molar-refractivity contribution is 0.0724. The summed E-state index contributed by atoms with van der Waals surface area (Å²) in [4.78, 5) is 14.6. The minimum atomic E-state index is -3.62. The molecule has 0 unspecified atom stereocenters. The Morgan fingerprint density at radius 3 is 2.08 bits per heavy atom. The van der Waals surface area contributed by atoms with Crippen molar-refractivity contribution >= 4 is 21.6 Å². The molecule has 3 rings (SSSR count). The van der Waals surface area contributed by atoms with E-state index in [1.807, 2.05) is 11.8 Å². The van der Waals surface area contributed by atoms with Crippen molar-refractivity contribution in [2.45, 2.75) is 31.1 Å². The minimum absolute atomic E-state index is 0.0142. The van der Waals surface area contributed by atoms with Gasteiger partial charge in [-0.2, -0.15) is 0 Å². The zero-order valence-corrected chi connectivity index (χ0v) is 16.0. The fraction of sp³-hybridized carbons (Fsp3) is 0.350. The maximum Gasteiger partial charge on any atom is 0.264 e. The number of carbonyl (C=O) groups excluding carboxylic acids is 1. The topological polar surface area (TPSA) is 57.7 Å². The monoisotopic (exact) mass is 372 g/mol. The van der Waals surface area contributed by atoms with Gasteiger partial charge in [-0.1, -0.05) is 17.7 Å². The number of sulfonamides is 1. The van der Waals surface area contributed by atoms with E-state index in [1.54, 1.807) is 48.5 Å². The van der Waals surface area contributed by atoms with Crippen LogP contribution in [0.15, 0.2) is 53.4 Å². The Kier molecular flexibility index (Phi) is 5.32. The number of likely N-dealkylation sites (tertiary alicyclic amines) is 1. The highest BCUT2D eigenvalue weighted by molar-refractivity contribution is 7.92. The highest BCUT2D eigenvalue weighted by Gasteiger charge is 2.22. The van der Waals surface area contributed by atoms with Gasteiger partial charge in [-0.15, -0.1) is 0 Å². The van der Waals surface area contributed by atoms with Crippen LogP contribution in [0.5, 0.6) is 0 Å². The third-order valence-corrected chi connectivity index (χ3v) is 6.60. The number of aryl methyl sites for hydroxylation is 1. The van der Waals surface area contributed by atoms with E-state index in [-0.39, 0.29) is 10.8 Å². The Morgan fingerprint density at radius 2 is 1.50 bits per heavy atom. The van der Waals surface area contributed by atoms with Crippen LogP contribution in [-0.2, 0) is 10.0 Å². The van der Waals surface area contributed by atoms with E-state index in [4.69, 9.17) is 0 Å². The second kappa shape index (κ2) is 7.50. The van der Waals surface area contributed by atoms with Gasteiger partial charge in [0.1, 0.15) is 0 Å². The molecule has 1 heterocycles. The summed E-state index contributed by atoms with van der Waals surface area (Å²) >= 11 is 0. The average Bonchev–Trinajstić information content (AvgIpc) is 2.68. The molecule has 5 nitrogen and oxygen atoms in total. The molecule has 1 aliphatic rings. The van der Waals surface area contributed by atoms with Crippen LogP contribution in [0.25, 0.3) is 0 Å². The Hall–Kier alpha value is -2.34. The summed E-state index contributed by atoms with van der Waals surface area (Å²) < 4.78 is 26.8. The highest BCUT2D eigenvalue weighted by atomic mass is 32.2. The molecule has 26 heavy (non-hydrogen) atoms. The summed E-state index contributed by atoms with van der Waals surface area (Å²) in [5.74, 6) is 0.0142. The molecule has 0 aliphatic carbocycles. The molecule has 2 aromatic rings. The molecule has 0 spiro atoms. The van der Waals surface area contributed by atoms with Gasteiger partial charge in [-0.25, -0.2) is 8.42 Å². The first-order valence-electron chi connectivity index (χ1n) is 8.84. The summed E-state index contributed by atoms with van der Waals surface area (Å²) in [7, 11) is -2.10. The number of hydrogen-bond acceptors (Lipinski definition) is 3. The van der Waals surface area contributed by atoms with Crippen molar-refractivity contribution < 1.29 is 13.2 Å². The number of benzene rings is 2. The summed E-state index contributed by atoms with van der Waals surface area (Å²) in [6, 6.07) is 13.5. The van der Waals surface area contributed by atoms with E-state index in [0.29, 0.717) is 11.3 Å². The van der Waals surface area contributed by atoms with Crippen molar-refractivity contribution in [1.82, 2.24) is 4.90 Å². The summed E-state index contributed by atoms with van der Waals surface area (Å²) in [6.07, 6.45) is 3.26. The first kappa shape index (κ1) is 18.5. The third-order valence-electron chi connectivity index (χ3n) is 4.80. The van der Waals surface area contributed by atoms with Crippen LogP contribution in [0.4, 0.5) is 5.69 Å². The van der Waals surface area contributed by atoms with E-state index >= 15 is 0 Å². The Bertz CT molecular complexity index is 868. The Morgan fingerprint density at radius 1 is 0.923 bits per heavy atom. The first-order chi connectivity index (χ1) is 12.4.